The third kappa shape index (κ3) is 2.42. The van der Waals surface area contributed by atoms with Crippen LogP contribution in [0, 0.1) is 28.4 Å². The average Bonchev–Trinajstić information content (AvgIpc) is 2.74. The number of nitrogens with two attached hydrogens (primary N) is 1. The molecule has 0 aromatic heterocycles. The van der Waals surface area contributed by atoms with Gasteiger partial charge in [-0.25, -0.2) is 21.9 Å². The second-order valence-electron chi connectivity index (χ2n) is 6.62. The predicted molar refractivity (Wildman–Crippen MR) is 77.0 cm³/mol. The summed E-state index contributed by atoms with van der Waals surface area (Å²) in [5.74, 6) is -2.08. The Morgan fingerprint density at radius 1 is 1.19 bits per heavy atom. The molecular formula is C14H20F2N2O2S. The minimum atomic E-state index is -4.06. The molecular weight excluding hydrogens is 298 g/mol. The van der Waals surface area contributed by atoms with Crippen LogP contribution in [0.25, 0.3) is 0 Å². The van der Waals surface area contributed by atoms with Gasteiger partial charge in [0.05, 0.1) is 0 Å². The van der Waals surface area contributed by atoms with Crippen molar-refractivity contribution in [2.75, 3.05) is 12.3 Å². The number of anilines is 1. The van der Waals surface area contributed by atoms with Gasteiger partial charge in [-0.2, -0.15) is 0 Å². The SMILES string of the molecule is CC1(C)C(CNS(=O)(=O)c2ccc(F)c(N)c2F)C1(C)C. The van der Waals surface area contributed by atoms with Crippen LogP contribution in [0.15, 0.2) is 17.0 Å². The molecule has 1 aliphatic carbocycles. The highest BCUT2D eigenvalue weighted by molar-refractivity contribution is 7.89. The van der Waals surface area contributed by atoms with E-state index in [0.717, 1.165) is 12.1 Å². The highest BCUT2D eigenvalue weighted by atomic mass is 32.2. The van der Waals surface area contributed by atoms with Crippen LogP contribution in [0.1, 0.15) is 27.7 Å². The number of hydrogen-bond donors (Lipinski definition) is 2. The second kappa shape index (κ2) is 4.64. The van der Waals surface area contributed by atoms with Crippen LogP contribution < -0.4 is 10.5 Å². The summed E-state index contributed by atoms with van der Waals surface area (Å²) < 4.78 is 53.6. The number of benzene rings is 1. The van der Waals surface area contributed by atoms with Crippen LogP contribution in [-0.4, -0.2) is 15.0 Å². The lowest BCUT2D eigenvalue weighted by molar-refractivity contribution is 0.457. The van der Waals surface area contributed by atoms with Crippen molar-refractivity contribution < 1.29 is 17.2 Å². The molecule has 1 aliphatic rings. The van der Waals surface area contributed by atoms with E-state index >= 15 is 0 Å². The number of nitrogen functional groups attached to an aromatic ring is 1. The van der Waals surface area contributed by atoms with E-state index in [2.05, 4.69) is 32.4 Å². The van der Waals surface area contributed by atoms with Gasteiger partial charge in [-0.15, -0.1) is 0 Å². The fraction of sp³-hybridized carbons (Fsp3) is 0.571. The largest absolute Gasteiger partial charge is 0.394 e. The Kier molecular flexibility index (Phi) is 3.57. The summed E-state index contributed by atoms with van der Waals surface area (Å²) in [7, 11) is -4.06. The number of sulfonamides is 1. The van der Waals surface area contributed by atoms with Gasteiger partial charge in [-0.05, 0) is 28.9 Å². The Labute approximate surface area is 123 Å². The minimum Gasteiger partial charge on any atom is -0.394 e. The predicted octanol–water partition coefficient (Wildman–Crippen LogP) is 2.51. The summed E-state index contributed by atoms with van der Waals surface area (Å²) in [5, 5.41) is 0. The molecule has 0 heterocycles. The first-order valence-corrected chi connectivity index (χ1v) is 8.14. The maximum atomic E-state index is 13.8. The third-order valence-electron chi connectivity index (χ3n) is 5.18. The standard InChI is InChI=1S/C14H20F2N2O2S/c1-13(2)10(14(13,3)4)7-18-21(19,20)9-6-5-8(15)12(17)11(9)16/h5-6,10,18H,7,17H2,1-4H3. The van der Waals surface area contributed by atoms with Crippen molar-refractivity contribution in [3.05, 3.63) is 23.8 Å². The lowest BCUT2D eigenvalue weighted by atomic mass is 10.0. The Hall–Kier alpha value is -1.21. The average molecular weight is 318 g/mol. The fourth-order valence-electron chi connectivity index (χ4n) is 2.87. The van der Waals surface area contributed by atoms with E-state index in [1.807, 2.05) is 0 Å². The first kappa shape index (κ1) is 16.2. The molecule has 1 aromatic carbocycles. The van der Waals surface area contributed by atoms with Crippen molar-refractivity contribution in [1.29, 1.82) is 0 Å². The van der Waals surface area contributed by atoms with Crippen molar-refractivity contribution in [2.45, 2.75) is 32.6 Å². The summed E-state index contributed by atoms with van der Waals surface area (Å²) in [4.78, 5) is -0.627. The molecule has 0 atom stereocenters. The van der Waals surface area contributed by atoms with Gasteiger partial charge in [0, 0.05) is 6.54 Å². The number of nitrogens with one attached hydrogen (secondary N) is 1. The Balaban J connectivity index is 2.20. The van der Waals surface area contributed by atoms with E-state index in [9.17, 15) is 17.2 Å². The monoisotopic (exact) mass is 318 g/mol. The van der Waals surface area contributed by atoms with E-state index in [-0.39, 0.29) is 23.3 Å². The van der Waals surface area contributed by atoms with E-state index in [1.165, 1.54) is 0 Å². The molecule has 21 heavy (non-hydrogen) atoms. The minimum absolute atomic E-state index is 0.00981. The molecule has 0 spiro atoms. The van der Waals surface area contributed by atoms with Crippen LogP contribution in [0.5, 0.6) is 0 Å². The van der Waals surface area contributed by atoms with Crippen molar-refractivity contribution >= 4 is 15.7 Å². The van der Waals surface area contributed by atoms with Gasteiger partial charge in [0.25, 0.3) is 0 Å². The summed E-state index contributed by atoms with van der Waals surface area (Å²) in [6, 6.07) is 1.73. The molecule has 7 heteroatoms. The molecule has 2 rings (SSSR count). The zero-order chi connectivity index (χ0) is 16.2. The van der Waals surface area contributed by atoms with Gasteiger partial charge >= 0.3 is 0 Å². The van der Waals surface area contributed by atoms with Crippen LogP contribution in [0.2, 0.25) is 0 Å². The zero-order valence-corrected chi connectivity index (χ0v) is 13.3. The summed E-state index contributed by atoms with van der Waals surface area (Å²) >= 11 is 0. The second-order valence-corrected chi connectivity index (χ2v) is 8.36. The molecule has 1 saturated carbocycles. The van der Waals surface area contributed by atoms with Crippen molar-refractivity contribution in [3.63, 3.8) is 0 Å². The zero-order valence-electron chi connectivity index (χ0n) is 12.5. The smallest absolute Gasteiger partial charge is 0.243 e. The normalized spacial score (nSPS) is 20.5. The van der Waals surface area contributed by atoms with E-state index in [1.54, 1.807) is 0 Å². The lowest BCUT2D eigenvalue weighted by Gasteiger charge is -2.10. The molecule has 0 bridgehead atoms. The summed E-state index contributed by atoms with van der Waals surface area (Å²) in [6.07, 6.45) is 0. The molecule has 0 unspecified atom stereocenters. The Morgan fingerprint density at radius 3 is 2.19 bits per heavy atom. The maximum Gasteiger partial charge on any atom is 0.243 e. The molecule has 0 radical (unpaired) electrons. The fourth-order valence-corrected chi connectivity index (χ4v) is 4.01. The van der Waals surface area contributed by atoms with Crippen LogP contribution in [0.3, 0.4) is 0 Å². The van der Waals surface area contributed by atoms with E-state index in [0.29, 0.717) is 0 Å². The summed E-state index contributed by atoms with van der Waals surface area (Å²) in [5.41, 5.74) is 4.42. The van der Waals surface area contributed by atoms with Crippen molar-refractivity contribution in [2.24, 2.45) is 16.7 Å². The highest BCUT2D eigenvalue weighted by Crippen LogP contribution is 2.67. The Bertz CT molecular complexity index is 670. The van der Waals surface area contributed by atoms with Crippen molar-refractivity contribution in [3.8, 4) is 0 Å². The quantitative estimate of drug-likeness (QED) is 0.838. The highest BCUT2D eigenvalue weighted by Gasteiger charge is 2.64. The van der Waals surface area contributed by atoms with E-state index < -0.39 is 32.2 Å². The first-order valence-electron chi connectivity index (χ1n) is 6.66. The van der Waals surface area contributed by atoms with Crippen molar-refractivity contribution in [1.82, 2.24) is 4.72 Å². The molecule has 3 N–H and O–H groups in total. The third-order valence-corrected chi connectivity index (χ3v) is 6.62. The van der Waals surface area contributed by atoms with Crippen LogP contribution in [0.4, 0.5) is 14.5 Å². The molecule has 1 fully saturated rings. The Morgan fingerprint density at radius 2 is 1.71 bits per heavy atom. The summed E-state index contributed by atoms with van der Waals surface area (Å²) in [6.45, 7) is 8.44. The van der Waals surface area contributed by atoms with Gasteiger partial charge in [0.1, 0.15) is 16.4 Å². The van der Waals surface area contributed by atoms with Gasteiger partial charge in [-0.1, -0.05) is 27.7 Å². The lowest BCUT2D eigenvalue weighted by Crippen LogP contribution is -2.28. The molecule has 0 aliphatic heterocycles. The number of rotatable bonds is 4. The molecule has 0 amide bonds. The molecule has 1 aromatic rings. The van der Waals surface area contributed by atoms with Gasteiger partial charge in [0.2, 0.25) is 10.0 Å². The topological polar surface area (TPSA) is 72.2 Å². The van der Waals surface area contributed by atoms with Gasteiger partial charge < -0.3 is 5.73 Å². The van der Waals surface area contributed by atoms with Gasteiger partial charge in [0.15, 0.2) is 5.82 Å². The number of halogens is 2. The maximum absolute atomic E-state index is 13.8. The molecule has 118 valence electrons. The van der Waals surface area contributed by atoms with E-state index in [4.69, 9.17) is 5.73 Å². The molecule has 0 saturated heterocycles. The molecule has 4 nitrogen and oxygen atoms in total. The first-order chi connectivity index (χ1) is 9.43. The van der Waals surface area contributed by atoms with Crippen LogP contribution >= 0.6 is 0 Å². The van der Waals surface area contributed by atoms with Gasteiger partial charge in [-0.3, -0.25) is 0 Å². The van der Waals surface area contributed by atoms with Crippen LogP contribution in [-0.2, 0) is 10.0 Å². The number of hydrogen-bond acceptors (Lipinski definition) is 3.